The van der Waals surface area contributed by atoms with E-state index in [1.54, 1.807) is 12.1 Å². The fourth-order valence-corrected chi connectivity index (χ4v) is 1.91. The van der Waals surface area contributed by atoms with Crippen molar-refractivity contribution in [2.75, 3.05) is 20.1 Å². The lowest BCUT2D eigenvalue weighted by atomic mass is 10.2. The Morgan fingerprint density at radius 3 is 3.00 bits per heavy atom. The third-order valence-corrected chi connectivity index (χ3v) is 2.85. The predicted molar refractivity (Wildman–Crippen MR) is 62.3 cm³/mol. The SMILES string of the molecule is CN1CCC(NC(=O)c2ccc(C#N)cn2)C1. The highest BCUT2D eigenvalue weighted by atomic mass is 16.1. The van der Waals surface area contributed by atoms with Crippen LogP contribution in [0.1, 0.15) is 22.5 Å². The Kier molecular flexibility index (Phi) is 3.35. The van der Waals surface area contributed by atoms with Crippen molar-refractivity contribution in [1.29, 1.82) is 5.26 Å². The third kappa shape index (κ3) is 2.80. The largest absolute Gasteiger partial charge is 0.347 e. The predicted octanol–water partition coefficient (Wildman–Crippen LogP) is 0.387. The molecule has 2 rings (SSSR count). The van der Waals surface area contributed by atoms with Gasteiger partial charge in [-0.25, -0.2) is 4.98 Å². The Hall–Kier alpha value is -1.93. The van der Waals surface area contributed by atoms with Crippen molar-refractivity contribution >= 4 is 5.91 Å². The van der Waals surface area contributed by atoms with Gasteiger partial charge in [0.25, 0.3) is 5.91 Å². The zero-order valence-corrected chi connectivity index (χ0v) is 9.68. The first-order valence-electron chi connectivity index (χ1n) is 5.54. The third-order valence-electron chi connectivity index (χ3n) is 2.85. The van der Waals surface area contributed by atoms with Gasteiger partial charge in [-0.3, -0.25) is 4.79 Å². The van der Waals surface area contributed by atoms with Crippen LogP contribution < -0.4 is 5.32 Å². The first-order valence-corrected chi connectivity index (χ1v) is 5.54. The number of rotatable bonds is 2. The van der Waals surface area contributed by atoms with E-state index in [4.69, 9.17) is 5.26 Å². The molecule has 1 saturated heterocycles. The zero-order chi connectivity index (χ0) is 12.3. The van der Waals surface area contributed by atoms with E-state index < -0.39 is 0 Å². The molecule has 1 aliphatic heterocycles. The van der Waals surface area contributed by atoms with Gasteiger partial charge in [-0.15, -0.1) is 0 Å². The van der Waals surface area contributed by atoms with Crippen LogP contribution in [0.2, 0.25) is 0 Å². The molecule has 1 aromatic heterocycles. The molecule has 1 atom stereocenters. The van der Waals surface area contributed by atoms with E-state index >= 15 is 0 Å². The van der Waals surface area contributed by atoms with Crippen molar-refractivity contribution in [2.45, 2.75) is 12.5 Å². The van der Waals surface area contributed by atoms with Gasteiger partial charge in [0.2, 0.25) is 0 Å². The summed E-state index contributed by atoms with van der Waals surface area (Å²) in [6, 6.07) is 5.35. The summed E-state index contributed by atoms with van der Waals surface area (Å²) >= 11 is 0. The van der Waals surface area contributed by atoms with Crippen molar-refractivity contribution in [3.63, 3.8) is 0 Å². The number of nitrogens with one attached hydrogen (secondary N) is 1. The Morgan fingerprint density at radius 2 is 2.47 bits per heavy atom. The average molecular weight is 230 g/mol. The number of likely N-dealkylation sites (N-methyl/N-ethyl adjacent to an activating group) is 1. The highest BCUT2D eigenvalue weighted by Gasteiger charge is 2.21. The Labute approximate surface area is 100 Å². The van der Waals surface area contributed by atoms with Gasteiger partial charge in [0.15, 0.2) is 0 Å². The van der Waals surface area contributed by atoms with E-state index in [-0.39, 0.29) is 11.9 Å². The lowest BCUT2D eigenvalue weighted by Crippen LogP contribution is -2.36. The molecule has 0 spiro atoms. The molecular formula is C12H14N4O. The first-order chi connectivity index (χ1) is 8.19. The van der Waals surface area contributed by atoms with E-state index in [1.165, 1.54) is 6.20 Å². The average Bonchev–Trinajstić information content (AvgIpc) is 2.75. The number of hydrogen-bond acceptors (Lipinski definition) is 4. The van der Waals surface area contributed by atoms with Crippen molar-refractivity contribution in [3.8, 4) is 6.07 Å². The molecule has 1 unspecified atom stereocenters. The summed E-state index contributed by atoms with van der Waals surface area (Å²) in [5.74, 6) is -0.171. The lowest BCUT2D eigenvalue weighted by Gasteiger charge is -2.12. The van der Waals surface area contributed by atoms with Gasteiger partial charge in [-0.05, 0) is 32.1 Å². The summed E-state index contributed by atoms with van der Waals surface area (Å²) in [6.07, 6.45) is 2.38. The number of hydrogen-bond donors (Lipinski definition) is 1. The Morgan fingerprint density at radius 1 is 1.65 bits per heavy atom. The summed E-state index contributed by atoms with van der Waals surface area (Å²) in [4.78, 5) is 18.0. The molecule has 1 aromatic rings. The van der Waals surface area contributed by atoms with Crippen LogP contribution in [0.15, 0.2) is 18.3 Å². The van der Waals surface area contributed by atoms with Gasteiger partial charge in [0.05, 0.1) is 5.56 Å². The molecule has 17 heavy (non-hydrogen) atoms. The smallest absolute Gasteiger partial charge is 0.270 e. The normalized spacial score (nSPS) is 19.9. The van der Waals surface area contributed by atoms with E-state index in [0.29, 0.717) is 11.3 Å². The molecule has 0 saturated carbocycles. The molecule has 5 nitrogen and oxygen atoms in total. The molecule has 1 N–H and O–H groups in total. The minimum atomic E-state index is -0.171. The number of pyridine rings is 1. The maximum Gasteiger partial charge on any atom is 0.270 e. The molecular weight excluding hydrogens is 216 g/mol. The molecule has 0 aromatic carbocycles. The summed E-state index contributed by atoms with van der Waals surface area (Å²) in [6.45, 7) is 1.88. The maximum absolute atomic E-state index is 11.8. The molecule has 1 amide bonds. The van der Waals surface area contributed by atoms with Crippen molar-refractivity contribution in [1.82, 2.24) is 15.2 Å². The second kappa shape index (κ2) is 4.93. The van der Waals surface area contributed by atoms with Gasteiger partial charge in [-0.1, -0.05) is 0 Å². The van der Waals surface area contributed by atoms with Gasteiger partial charge >= 0.3 is 0 Å². The summed E-state index contributed by atoms with van der Waals surface area (Å²) in [7, 11) is 2.03. The van der Waals surface area contributed by atoms with E-state index in [0.717, 1.165) is 19.5 Å². The highest BCUT2D eigenvalue weighted by molar-refractivity contribution is 5.92. The second-order valence-electron chi connectivity index (χ2n) is 4.27. The monoisotopic (exact) mass is 230 g/mol. The van der Waals surface area contributed by atoms with Gasteiger partial charge < -0.3 is 10.2 Å². The standard InChI is InChI=1S/C12H14N4O/c1-16-5-4-10(8-16)15-12(17)11-3-2-9(6-13)7-14-11/h2-3,7,10H,4-5,8H2,1H3,(H,15,17). The van der Waals surface area contributed by atoms with Crippen LogP contribution in [0.4, 0.5) is 0 Å². The topological polar surface area (TPSA) is 69.0 Å². The molecule has 5 heteroatoms. The summed E-state index contributed by atoms with van der Waals surface area (Å²) in [5.41, 5.74) is 0.820. The number of nitrogens with zero attached hydrogens (tertiary/aromatic N) is 3. The number of carbonyl (C=O) groups excluding carboxylic acids is 1. The molecule has 0 bridgehead atoms. The van der Waals surface area contributed by atoms with Crippen LogP contribution in [-0.4, -0.2) is 42.0 Å². The van der Waals surface area contributed by atoms with Gasteiger partial charge in [0.1, 0.15) is 11.8 Å². The quantitative estimate of drug-likeness (QED) is 0.797. The van der Waals surface area contributed by atoms with E-state index in [2.05, 4.69) is 15.2 Å². The first kappa shape index (κ1) is 11.6. The van der Waals surface area contributed by atoms with Crippen LogP contribution in [-0.2, 0) is 0 Å². The fraction of sp³-hybridized carbons (Fsp3) is 0.417. The van der Waals surface area contributed by atoms with Crippen LogP contribution >= 0.6 is 0 Å². The van der Waals surface area contributed by atoms with Crippen molar-refractivity contribution in [2.24, 2.45) is 0 Å². The highest BCUT2D eigenvalue weighted by Crippen LogP contribution is 2.07. The van der Waals surface area contributed by atoms with Crippen LogP contribution in [0.5, 0.6) is 0 Å². The fourth-order valence-electron chi connectivity index (χ4n) is 1.91. The number of nitriles is 1. The van der Waals surface area contributed by atoms with E-state index in [9.17, 15) is 4.79 Å². The molecule has 88 valence electrons. The van der Waals surface area contributed by atoms with Gasteiger partial charge in [0, 0.05) is 18.8 Å². The van der Waals surface area contributed by atoms with Crippen molar-refractivity contribution < 1.29 is 4.79 Å². The molecule has 2 heterocycles. The van der Waals surface area contributed by atoms with Crippen LogP contribution in [0.3, 0.4) is 0 Å². The molecule has 1 fully saturated rings. The molecule has 0 aliphatic carbocycles. The number of carbonyl (C=O) groups is 1. The minimum Gasteiger partial charge on any atom is -0.347 e. The molecule has 0 radical (unpaired) electrons. The number of likely N-dealkylation sites (tertiary alicyclic amines) is 1. The van der Waals surface area contributed by atoms with Crippen LogP contribution in [0.25, 0.3) is 0 Å². The number of aromatic nitrogens is 1. The van der Waals surface area contributed by atoms with Crippen molar-refractivity contribution in [3.05, 3.63) is 29.6 Å². The van der Waals surface area contributed by atoms with E-state index in [1.807, 2.05) is 13.1 Å². The summed E-state index contributed by atoms with van der Waals surface area (Å²) < 4.78 is 0. The second-order valence-corrected chi connectivity index (χ2v) is 4.27. The van der Waals surface area contributed by atoms with Crippen LogP contribution in [0, 0.1) is 11.3 Å². The maximum atomic E-state index is 11.8. The Balaban J connectivity index is 1.97. The van der Waals surface area contributed by atoms with Gasteiger partial charge in [-0.2, -0.15) is 5.26 Å². The lowest BCUT2D eigenvalue weighted by molar-refractivity contribution is 0.0933. The molecule has 1 aliphatic rings. The number of amides is 1. The zero-order valence-electron chi connectivity index (χ0n) is 9.68. The summed E-state index contributed by atoms with van der Waals surface area (Å²) in [5, 5.41) is 11.6. The minimum absolute atomic E-state index is 0.171. The Bertz CT molecular complexity index is 449.